The number of carbonyl (C=O) groups excluding carboxylic acids is 1. The third-order valence-corrected chi connectivity index (χ3v) is 6.80. The van der Waals surface area contributed by atoms with Crippen LogP contribution in [0.5, 0.6) is 11.5 Å². The summed E-state index contributed by atoms with van der Waals surface area (Å²) in [6.07, 6.45) is 0. The summed E-state index contributed by atoms with van der Waals surface area (Å²) in [6, 6.07) is 13.7. The van der Waals surface area contributed by atoms with Gasteiger partial charge in [0.15, 0.2) is 0 Å². The van der Waals surface area contributed by atoms with Crippen LogP contribution in [0, 0.1) is 11.3 Å². The number of nitrogens with zero attached hydrogens (tertiary/aromatic N) is 1. The molecule has 0 spiro atoms. The molecule has 1 aromatic heterocycles. The van der Waals surface area contributed by atoms with E-state index in [0.717, 1.165) is 5.56 Å². The van der Waals surface area contributed by atoms with E-state index in [-0.39, 0.29) is 27.7 Å². The van der Waals surface area contributed by atoms with Crippen LogP contribution in [0.25, 0.3) is 0 Å². The summed E-state index contributed by atoms with van der Waals surface area (Å²) < 4.78 is 40.8. The average molecular weight is 469 g/mol. The van der Waals surface area contributed by atoms with E-state index in [1.165, 1.54) is 54.8 Å². The van der Waals surface area contributed by atoms with Crippen LogP contribution in [0.2, 0.25) is 0 Å². The molecule has 0 amide bonds. The van der Waals surface area contributed by atoms with Crippen LogP contribution in [0.15, 0.2) is 75.6 Å². The van der Waals surface area contributed by atoms with Gasteiger partial charge in [-0.15, -0.1) is 0 Å². The number of benzene rings is 2. The number of methoxy groups -OCH3 is 1. The summed E-state index contributed by atoms with van der Waals surface area (Å²) in [4.78, 5) is 11.4. The van der Waals surface area contributed by atoms with Gasteiger partial charge in [-0.2, -0.15) is 25.0 Å². The largest absolute Gasteiger partial charge is 0.465 e. The van der Waals surface area contributed by atoms with E-state index in [4.69, 9.17) is 14.7 Å². The highest BCUT2D eigenvalue weighted by Crippen LogP contribution is 2.44. The smallest absolute Gasteiger partial charge is 0.339 e. The van der Waals surface area contributed by atoms with E-state index in [1.807, 2.05) is 16.8 Å². The number of thiophene rings is 1. The minimum absolute atomic E-state index is 0.0121. The Hall–Kier alpha value is -3.81. The second kappa shape index (κ2) is 8.37. The Bertz CT molecular complexity index is 1350. The van der Waals surface area contributed by atoms with Gasteiger partial charge in [0, 0.05) is 11.6 Å². The predicted octanol–water partition coefficient (Wildman–Crippen LogP) is 3.52. The van der Waals surface area contributed by atoms with Crippen LogP contribution in [0.3, 0.4) is 0 Å². The van der Waals surface area contributed by atoms with Crippen LogP contribution < -0.4 is 14.7 Å². The number of hydrogen-bond donors (Lipinski definition) is 1. The van der Waals surface area contributed by atoms with Crippen molar-refractivity contribution in [2.45, 2.75) is 10.8 Å². The van der Waals surface area contributed by atoms with Crippen molar-refractivity contribution in [1.29, 1.82) is 5.26 Å². The van der Waals surface area contributed by atoms with Crippen LogP contribution in [-0.2, 0) is 14.9 Å². The maximum absolute atomic E-state index is 12.7. The van der Waals surface area contributed by atoms with E-state index < -0.39 is 22.0 Å². The minimum Gasteiger partial charge on any atom is -0.465 e. The fraction of sp³-hybridized carbons (Fsp3) is 0.0909. The SMILES string of the molecule is COC(=O)c1ccc(S(=O)(=O)Oc2ccc3c(c2)OC(N)=C(C#N)C3c2ccsc2)cc1. The molecule has 162 valence electrons. The Morgan fingerprint density at radius 2 is 1.94 bits per heavy atom. The summed E-state index contributed by atoms with van der Waals surface area (Å²) in [5.41, 5.74) is 8.00. The molecule has 1 atom stereocenters. The Morgan fingerprint density at radius 1 is 1.19 bits per heavy atom. The van der Waals surface area contributed by atoms with Gasteiger partial charge in [-0.3, -0.25) is 0 Å². The fourth-order valence-electron chi connectivity index (χ4n) is 3.32. The highest BCUT2D eigenvalue weighted by Gasteiger charge is 2.31. The first-order valence-electron chi connectivity index (χ1n) is 9.20. The van der Waals surface area contributed by atoms with E-state index in [2.05, 4.69) is 10.8 Å². The van der Waals surface area contributed by atoms with E-state index in [9.17, 15) is 18.5 Å². The molecule has 0 fully saturated rings. The maximum Gasteiger partial charge on any atom is 0.339 e. The van der Waals surface area contributed by atoms with Gasteiger partial charge >= 0.3 is 16.1 Å². The summed E-state index contributed by atoms with van der Waals surface area (Å²) in [5.74, 6) is -0.741. The molecule has 2 aromatic carbocycles. The molecule has 4 rings (SSSR count). The standard InChI is InChI=1S/C22H16N2O6S2/c1-28-22(25)13-2-5-16(6-3-13)32(26,27)30-15-4-7-17-19(10-15)29-21(24)18(11-23)20(17)14-8-9-31-12-14/h2-10,12,20H,24H2,1H3. The van der Waals surface area contributed by atoms with Crippen molar-refractivity contribution in [2.75, 3.05) is 7.11 Å². The maximum atomic E-state index is 12.7. The monoisotopic (exact) mass is 468 g/mol. The molecule has 0 bridgehead atoms. The molecule has 0 saturated carbocycles. The van der Waals surface area contributed by atoms with Crippen molar-refractivity contribution in [2.24, 2.45) is 5.73 Å². The molecule has 0 saturated heterocycles. The lowest BCUT2D eigenvalue weighted by Crippen LogP contribution is -2.21. The van der Waals surface area contributed by atoms with Crippen LogP contribution in [0.1, 0.15) is 27.4 Å². The zero-order valence-electron chi connectivity index (χ0n) is 16.6. The van der Waals surface area contributed by atoms with Gasteiger partial charge in [0.1, 0.15) is 28.0 Å². The highest BCUT2D eigenvalue weighted by molar-refractivity contribution is 7.87. The van der Waals surface area contributed by atoms with E-state index in [0.29, 0.717) is 11.3 Å². The second-order valence-electron chi connectivity index (χ2n) is 6.73. The molecule has 3 aromatic rings. The van der Waals surface area contributed by atoms with Gasteiger partial charge in [-0.25, -0.2) is 4.79 Å². The molecule has 2 heterocycles. The average Bonchev–Trinajstić information content (AvgIpc) is 3.32. The first-order valence-corrected chi connectivity index (χ1v) is 11.6. The fourth-order valence-corrected chi connectivity index (χ4v) is 4.93. The second-order valence-corrected chi connectivity index (χ2v) is 9.06. The van der Waals surface area contributed by atoms with E-state index >= 15 is 0 Å². The Labute approximate surface area is 188 Å². The molecule has 8 nitrogen and oxygen atoms in total. The number of esters is 1. The van der Waals surface area contributed by atoms with Crippen molar-refractivity contribution in [3.8, 4) is 17.6 Å². The Balaban J connectivity index is 1.65. The van der Waals surface area contributed by atoms with Crippen molar-refractivity contribution in [3.63, 3.8) is 0 Å². The number of allylic oxidation sites excluding steroid dienone is 1. The highest BCUT2D eigenvalue weighted by atomic mass is 32.2. The third kappa shape index (κ3) is 3.91. The van der Waals surface area contributed by atoms with Crippen LogP contribution in [0.4, 0.5) is 0 Å². The molecular formula is C22H16N2O6S2. The Morgan fingerprint density at radius 3 is 2.56 bits per heavy atom. The number of fused-ring (bicyclic) bond motifs is 1. The molecule has 0 aliphatic carbocycles. The molecular weight excluding hydrogens is 452 g/mol. The van der Waals surface area contributed by atoms with Crippen LogP contribution >= 0.6 is 11.3 Å². The van der Waals surface area contributed by atoms with Gasteiger partial charge in [0.25, 0.3) is 0 Å². The predicted molar refractivity (Wildman–Crippen MR) is 116 cm³/mol. The molecule has 2 N–H and O–H groups in total. The molecule has 1 aliphatic rings. The summed E-state index contributed by atoms with van der Waals surface area (Å²) in [6.45, 7) is 0. The van der Waals surface area contributed by atoms with Crippen molar-refractivity contribution in [1.82, 2.24) is 0 Å². The lowest BCUT2D eigenvalue weighted by Gasteiger charge is -2.26. The normalized spacial score (nSPS) is 15.3. The molecule has 10 heteroatoms. The van der Waals surface area contributed by atoms with Gasteiger partial charge in [-0.05, 0) is 52.7 Å². The number of nitrogens with two attached hydrogens (primary N) is 1. The zero-order valence-corrected chi connectivity index (χ0v) is 18.3. The van der Waals surface area contributed by atoms with Gasteiger partial charge in [-0.1, -0.05) is 6.07 Å². The number of rotatable bonds is 5. The van der Waals surface area contributed by atoms with Gasteiger partial charge < -0.3 is 19.4 Å². The van der Waals surface area contributed by atoms with Gasteiger partial charge in [0.2, 0.25) is 5.88 Å². The molecule has 32 heavy (non-hydrogen) atoms. The van der Waals surface area contributed by atoms with Crippen LogP contribution in [-0.4, -0.2) is 21.5 Å². The molecule has 1 aliphatic heterocycles. The number of hydrogen-bond acceptors (Lipinski definition) is 9. The molecule has 0 radical (unpaired) electrons. The topological polar surface area (TPSA) is 129 Å². The van der Waals surface area contributed by atoms with Crippen molar-refractivity contribution < 1.29 is 26.9 Å². The lowest BCUT2D eigenvalue weighted by molar-refractivity contribution is 0.0600. The summed E-state index contributed by atoms with van der Waals surface area (Å²) in [7, 11) is -2.94. The number of nitriles is 1. The summed E-state index contributed by atoms with van der Waals surface area (Å²) >= 11 is 1.49. The lowest BCUT2D eigenvalue weighted by atomic mass is 9.85. The first-order chi connectivity index (χ1) is 15.3. The Kier molecular flexibility index (Phi) is 5.61. The summed E-state index contributed by atoms with van der Waals surface area (Å²) in [5, 5.41) is 13.4. The quantitative estimate of drug-likeness (QED) is 0.445. The number of ether oxygens (including phenoxy) is 2. The molecule has 1 unspecified atom stereocenters. The first kappa shape index (κ1) is 21.4. The zero-order chi connectivity index (χ0) is 22.9. The van der Waals surface area contributed by atoms with Crippen molar-refractivity contribution in [3.05, 3.63) is 87.4 Å². The third-order valence-electron chi connectivity index (χ3n) is 4.84. The minimum atomic E-state index is -4.18. The number of carbonyl (C=O) groups is 1. The van der Waals surface area contributed by atoms with E-state index in [1.54, 1.807) is 6.07 Å². The van der Waals surface area contributed by atoms with Crippen molar-refractivity contribution >= 4 is 27.4 Å². The van der Waals surface area contributed by atoms with Gasteiger partial charge in [0.05, 0.1) is 18.6 Å².